The molecular formula is C14H11BrClNO. The zero-order valence-electron chi connectivity index (χ0n) is 9.71. The molecule has 0 atom stereocenters. The third-order valence-corrected chi connectivity index (χ3v) is 3.35. The van der Waals surface area contributed by atoms with Gasteiger partial charge in [0.05, 0.1) is 10.7 Å². The van der Waals surface area contributed by atoms with E-state index in [9.17, 15) is 4.79 Å². The van der Waals surface area contributed by atoms with Gasteiger partial charge in [0.15, 0.2) is 5.78 Å². The van der Waals surface area contributed by atoms with Crippen LogP contribution in [0.3, 0.4) is 0 Å². The summed E-state index contributed by atoms with van der Waals surface area (Å²) in [5.74, 6) is -0.0682. The minimum absolute atomic E-state index is 0.0682. The number of hydrogen-bond acceptors (Lipinski definition) is 2. The summed E-state index contributed by atoms with van der Waals surface area (Å²) in [5.41, 5.74) is 8.28. The van der Waals surface area contributed by atoms with Gasteiger partial charge in [0.1, 0.15) is 0 Å². The van der Waals surface area contributed by atoms with E-state index in [0.717, 1.165) is 10.0 Å². The first-order valence-electron chi connectivity index (χ1n) is 5.34. The van der Waals surface area contributed by atoms with Crippen LogP contribution in [-0.2, 0) is 0 Å². The molecule has 2 N–H and O–H groups in total. The van der Waals surface area contributed by atoms with Crippen molar-refractivity contribution in [2.24, 2.45) is 0 Å². The van der Waals surface area contributed by atoms with Crippen LogP contribution in [0, 0.1) is 6.92 Å². The van der Waals surface area contributed by atoms with E-state index in [2.05, 4.69) is 15.9 Å². The lowest BCUT2D eigenvalue weighted by Gasteiger charge is -2.05. The Labute approximate surface area is 119 Å². The summed E-state index contributed by atoms with van der Waals surface area (Å²) in [6, 6.07) is 10.5. The van der Waals surface area contributed by atoms with Gasteiger partial charge in [-0.15, -0.1) is 0 Å². The number of anilines is 1. The van der Waals surface area contributed by atoms with Crippen molar-refractivity contribution in [3.8, 4) is 0 Å². The molecule has 0 aliphatic carbocycles. The van der Waals surface area contributed by atoms with E-state index in [1.54, 1.807) is 24.3 Å². The van der Waals surface area contributed by atoms with Crippen molar-refractivity contribution in [1.82, 2.24) is 0 Å². The average molecular weight is 325 g/mol. The fourth-order valence-electron chi connectivity index (χ4n) is 1.70. The monoisotopic (exact) mass is 323 g/mol. The molecule has 0 aliphatic heterocycles. The number of benzene rings is 2. The normalized spacial score (nSPS) is 10.4. The van der Waals surface area contributed by atoms with Crippen LogP contribution < -0.4 is 5.73 Å². The zero-order valence-corrected chi connectivity index (χ0v) is 12.0. The van der Waals surface area contributed by atoms with Crippen LogP contribution in [0.2, 0.25) is 5.02 Å². The number of rotatable bonds is 2. The van der Waals surface area contributed by atoms with Gasteiger partial charge in [-0.1, -0.05) is 27.5 Å². The van der Waals surface area contributed by atoms with E-state index in [1.165, 1.54) is 0 Å². The fourth-order valence-corrected chi connectivity index (χ4v) is 2.49. The van der Waals surface area contributed by atoms with Gasteiger partial charge in [-0.25, -0.2) is 0 Å². The Morgan fingerprint density at radius 3 is 2.50 bits per heavy atom. The van der Waals surface area contributed by atoms with Gasteiger partial charge in [0, 0.05) is 15.6 Å². The van der Waals surface area contributed by atoms with Crippen molar-refractivity contribution >= 4 is 39.0 Å². The van der Waals surface area contributed by atoms with Gasteiger partial charge in [-0.2, -0.15) is 0 Å². The molecule has 2 aromatic rings. The highest BCUT2D eigenvalue weighted by Crippen LogP contribution is 2.23. The summed E-state index contributed by atoms with van der Waals surface area (Å²) in [7, 11) is 0. The third kappa shape index (κ3) is 2.74. The average Bonchev–Trinajstić information content (AvgIpc) is 2.30. The molecule has 92 valence electrons. The van der Waals surface area contributed by atoms with Gasteiger partial charge in [-0.05, 0) is 48.9 Å². The molecule has 0 aromatic heterocycles. The van der Waals surface area contributed by atoms with Crippen LogP contribution in [-0.4, -0.2) is 5.78 Å². The van der Waals surface area contributed by atoms with E-state index < -0.39 is 0 Å². The van der Waals surface area contributed by atoms with Gasteiger partial charge in [-0.3, -0.25) is 4.79 Å². The van der Waals surface area contributed by atoms with Crippen LogP contribution >= 0.6 is 27.5 Å². The van der Waals surface area contributed by atoms with E-state index in [-0.39, 0.29) is 5.78 Å². The van der Waals surface area contributed by atoms with Crippen LogP contribution in [0.15, 0.2) is 40.9 Å². The van der Waals surface area contributed by atoms with Gasteiger partial charge >= 0.3 is 0 Å². The topological polar surface area (TPSA) is 43.1 Å². The molecule has 0 amide bonds. The highest BCUT2D eigenvalue weighted by atomic mass is 79.9. The number of hydrogen-bond donors (Lipinski definition) is 1. The molecule has 0 spiro atoms. The van der Waals surface area contributed by atoms with Crippen LogP contribution in [0.5, 0.6) is 0 Å². The Morgan fingerprint density at radius 2 is 1.89 bits per heavy atom. The minimum Gasteiger partial charge on any atom is -0.398 e. The highest BCUT2D eigenvalue weighted by Gasteiger charge is 2.11. The van der Waals surface area contributed by atoms with Crippen LogP contribution in [0.25, 0.3) is 0 Å². The molecule has 18 heavy (non-hydrogen) atoms. The predicted octanol–water partition coefficient (Wildman–Crippen LogP) is 4.22. The van der Waals surface area contributed by atoms with Crippen LogP contribution in [0.1, 0.15) is 21.5 Å². The molecule has 0 radical (unpaired) electrons. The number of halogens is 2. The Morgan fingerprint density at radius 1 is 1.17 bits per heavy atom. The molecule has 0 heterocycles. The molecule has 0 saturated carbocycles. The third-order valence-electron chi connectivity index (χ3n) is 2.57. The molecule has 2 aromatic carbocycles. The zero-order chi connectivity index (χ0) is 13.3. The summed E-state index contributed by atoms with van der Waals surface area (Å²) >= 11 is 9.30. The second-order valence-electron chi connectivity index (χ2n) is 4.08. The van der Waals surface area contributed by atoms with Crippen molar-refractivity contribution < 1.29 is 4.79 Å². The summed E-state index contributed by atoms with van der Waals surface area (Å²) in [6.45, 7) is 1.94. The van der Waals surface area contributed by atoms with E-state index in [0.29, 0.717) is 21.8 Å². The lowest BCUT2D eigenvalue weighted by atomic mass is 10.0. The lowest BCUT2D eigenvalue weighted by Crippen LogP contribution is -2.02. The molecule has 0 bridgehead atoms. The fraction of sp³-hybridized carbons (Fsp3) is 0.0714. The molecular weight excluding hydrogens is 314 g/mol. The second-order valence-corrected chi connectivity index (χ2v) is 5.41. The van der Waals surface area contributed by atoms with Crippen molar-refractivity contribution in [1.29, 1.82) is 0 Å². The highest BCUT2D eigenvalue weighted by molar-refractivity contribution is 9.10. The molecule has 4 heteroatoms. The number of nitrogen functional groups attached to an aromatic ring is 1. The SMILES string of the molecule is Cc1cc(Br)cc(C(=O)c2ccc(N)c(Cl)c2)c1. The Kier molecular flexibility index (Phi) is 3.73. The second kappa shape index (κ2) is 5.12. The molecule has 0 saturated heterocycles. The summed E-state index contributed by atoms with van der Waals surface area (Å²) in [4.78, 5) is 12.3. The first-order chi connectivity index (χ1) is 8.47. The molecule has 0 fully saturated rings. The van der Waals surface area contributed by atoms with E-state index >= 15 is 0 Å². The smallest absolute Gasteiger partial charge is 0.193 e. The maximum atomic E-state index is 12.3. The van der Waals surface area contributed by atoms with Gasteiger partial charge in [0.2, 0.25) is 0 Å². The first kappa shape index (κ1) is 13.1. The van der Waals surface area contributed by atoms with E-state index in [1.807, 2.05) is 19.1 Å². The first-order valence-corrected chi connectivity index (χ1v) is 6.51. The number of carbonyl (C=O) groups is 1. The van der Waals surface area contributed by atoms with Gasteiger partial charge in [0.25, 0.3) is 0 Å². The Bertz CT molecular complexity index is 605. The van der Waals surface area contributed by atoms with Crippen LogP contribution in [0.4, 0.5) is 5.69 Å². The lowest BCUT2D eigenvalue weighted by molar-refractivity contribution is 0.103. The summed E-state index contributed by atoms with van der Waals surface area (Å²) in [5, 5.41) is 0.396. The largest absolute Gasteiger partial charge is 0.398 e. The minimum atomic E-state index is -0.0682. The van der Waals surface area contributed by atoms with E-state index in [4.69, 9.17) is 17.3 Å². The number of carbonyl (C=O) groups excluding carboxylic acids is 1. The molecule has 0 aliphatic rings. The molecule has 2 nitrogen and oxygen atoms in total. The summed E-state index contributed by atoms with van der Waals surface area (Å²) in [6.07, 6.45) is 0. The Balaban J connectivity index is 2.44. The van der Waals surface area contributed by atoms with Gasteiger partial charge < -0.3 is 5.73 Å². The van der Waals surface area contributed by atoms with Crippen molar-refractivity contribution in [3.05, 3.63) is 62.6 Å². The predicted molar refractivity (Wildman–Crippen MR) is 78.2 cm³/mol. The van der Waals surface area contributed by atoms with Crippen molar-refractivity contribution in [3.63, 3.8) is 0 Å². The molecule has 2 rings (SSSR count). The van der Waals surface area contributed by atoms with Crippen molar-refractivity contribution in [2.45, 2.75) is 6.92 Å². The molecule has 0 unspecified atom stereocenters. The number of nitrogens with two attached hydrogens (primary N) is 1. The van der Waals surface area contributed by atoms with Crippen molar-refractivity contribution in [2.75, 3.05) is 5.73 Å². The quantitative estimate of drug-likeness (QED) is 0.664. The summed E-state index contributed by atoms with van der Waals surface area (Å²) < 4.78 is 0.882. The maximum Gasteiger partial charge on any atom is 0.193 e. The Hall–Kier alpha value is -1.32. The standard InChI is InChI=1S/C14H11BrClNO/c1-8-4-10(6-11(15)5-8)14(18)9-2-3-13(17)12(16)7-9/h2-7H,17H2,1H3. The number of aryl methyl sites for hydroxylation is 1. The maximum absolute atomic E-state index is 12.3. The number of ketones is 1.